The number of carbonyl (C=O) groups excluding carboxylic acids is 1. The first kappa shape index (κ1) is 25.4. The SMILES string of the molecule is COCO[C@@]1(Cc2cc(O[C@H]3CC[C@H](C)CC3)ccn2)C(=O)N(COC)[C@H]1COc1cnn(C)c1. The Labute approximate surface area is 206 Å². The third-order valence-corrected chi connectivity index (χ3v) is 6.83. The van der Waals surface area contributed by atoms with Crippen LogP contribution in [0.5, 0.6) is 11.5 Å². The van der Waals surface area contributed by atoms with E-state index in [0.29, 0.717) is 11.4 Å². The van der Waals surface area contributed by atoms with Gasteiger partial charge in [-0.15, -0.1) is 0 Å². The van der Waals surface area contributed by atoms with E-state index in [1.54, 1.807) is 35.3 Å². The molecule has 192 valence electrons. The number of likely N-dealkylation sites (tertiary alicyclic amines) is 1. The van der Waals surface area contributed by atoms with E-state index < -0.39 is 11.6 Å². The highest BCUT2D eigenvalue weighted by Crippen LogP contribution is 2.38. The van der Waals surface area contributed by atoms with Crippen LogP contribution in [0.1, 0.15) is 38.3 Å². The largest absolute Gasteiger partial charge is 0.490 e. The molecule has 0 unspecified atom stereocenters. The molecule has 35 heavy (non-hydrogen) atoms. The Morgan fingerprint density at radius 1 is 1.14 bits per heavy atom. The van der Waals surface area contributed by atoms with E-state index in [-0.39, 0.29) is 38.6 Å². The molecule has 1 amide bonds. The van der Waals surface area contributed by atoms with E-state index in [0.717, 1.165) is 24.5 Å². The average Bonchev–Trinajstić information content (AvgIpc) is 3.28. The zero-order valence-electron chi connectivity index (χ0n) is 21.0. The molecule has 2 aromatic heterocycles. The summed E-state index contributed by atoms with van der Waals surface area (Å²) in [6.07, 6.45) is 10.1. The molecule has 1 saturated heterocycles. The van der Waals surface area contributed by atoms with Gasteiger partial charge in [0.2, 0.25) is 0 Å². The van der Waals surface area contributed by atoms with E-state index in [4.69, 9.17) is 23.7 Å². The van der Waals surface area contributed by atoms with Crippen LogP contribution in [0.2, 0.25) is 0 Å². The molecule has 2 fully saturated rings. The van der Waals surface area contributed by atoms with Crippen molar-refractivity contribution in [1.29, 1.82) is 0 Å². The fraction of sp³-hybridized carbons (Fsp3) is 0.640. The second-order valence-electron chi connectivity index (χ2n) is 9.47. The lowest BCUT2D eigenvalue weighted by atomic mass is 9.78. The lowest BCUT2D eigenvalue weighted by molar-refractivity contribution is -0.236. The maximum atomic E-state index is 13.4. The van der Waals surface area contributed by atoms with Crippen LogP contribution in [0.3, 0.4) is 0 Å². The molecule has 0 radical (unpaired) electrons. The van der Waals surface area contributed by atoms with Gasteiger partial charge < -0.3 is 28.6 Å². The number of amides is 1. The van der Waals surface area contributed by atoms with Gasteiger partial charge in [-0.25, -0.2) is 0 Å². The van der Waals surface area contributed by atoms with Gasteiger partial charge in [-0.2, -0.15) is 5.10 Å². The Kier molecular flexibility index (Phi) is 8.25. The minimum absolute atomic E-state index is 0.0353. The molecule has 1 aliphatic heterocycles. The summed E-state index contributed by atoms with van der Waals surface area (Å²) in [7, 11) is 4.90. The minimum Gasteiger partial charge on any atom is -0.490 e. The van der Waals surface area contributed by atoms with E-state index in [1.807, 2.05) is 19.2 Å². The van der Waals surface area contributed by atoms with Crippen molar-refractivity contribution in [3.63, 3.8) is 0 Å². The summed E-state index contributed by atoms with van der Waals surface area (Å²) in [6.45, 7) is 2.60. The number of hydrogen-bond donors (Lipinski definition) is 0. The maximum Gasteiger partial charge on any atom is 0.259 e. The molecule has 2 atom stereocenters. The Bertz CT molecular complexity index is 976. The van der Waals surface area contributed by atoms with Gasteiger partial charge in [-0.05, 0) is 37.7 Å². The van der Waals surface area contributed by atoms with E-state index in [2.05, 4.69) is 17.0 Å². The lowest BCUT2D eigenvalue weighted by Gasteiger charge is -2.54. The van der Waals surface area contributed by atoms with Gasteiger partial charge in [0.05, 0.1) is 18.5 Å². The lowest BCUT2D eigenvalue weighted by Crippen LogP contribution is -2.77. The van der Waals surface area contributed by atoms with Gasteiger partial charge in [0, 0.05) is 45.6 Å². The first-order valence-electron chi connectivity index (χ1n) is 12.1. The molecule has 0 aromatic carbocycles. The summed E-state index contributed by atoms with van der Waals surface area (Å²) in [5.41, 5.74) is -0.484. The van der Waals surface area contributed by atoms with Gasteiger partial charge >= 0.3 is 0 Å². The molecule has 0 N–H and O–H groups in total. The van der Waals surface area contributed by atoms with Crippen molar-refractivity contribution in [1.82, 2.24) is 19.7 Å². The summed E-state index contributed by atoms with van der Waals surface area (Å²) >= 11 is 0. The van der Waals surface area contributed by atoms with Crippen molar-refractivity contribution in [3.8, 4) is 11.5 Å². The van der Waals surface area contributed by atoms with Crippen molar-refractivity contribution in [2.75, 3.05) is 34.4 Å². The molecule has 1 saturated carbocycles. The van der Waals surface area contributed by atoms with Crippen LogP contribution in [0.4, 0.5) is 0 Å². The summed E-state index contributed by atoms with van der Waals surface area (Å²) in [5.74, 6) is 1.94. The molecular weight excluding hydrogens is 452 g/mol. The number of pyridine rings is 1. The first-order chi connectivity index (χ1) is 16.9. The third kappa shape index (κ3) is 5.76. The van der Waals surface area contributed by atoms with Crippen LogP contribution in [0.15, 0.2) is 30.7 Å². The van der Waals surface area contributed by atoms with Crippen LogP contribution < -0.4 is 9.47 Å². The third-order valence-electron chi connectivity index (χ3n) is 6.83. The molecule has 2 aliphatic rings. The second-order valence-corrected chi connectivity index (χ2v) is 9.47. The Hall–Kier alpha value is -2.69. The molecule has 10 nitrogen and oxygen atoms in total. The number of hydrogen-bond acceptors (Lipinski definition) is 8. The monoisotopic (exact) mass is 488 g/mol. The molecule has 0 spiro atoms. The topological polar surface area (TPSA) is 97.2 Å². The smallest absolute Gasteiger partial charge is 0.259 e. The van der Waals surface area contributed by atoms with Crippen molar-refractivity contribution >= 4 is 5.91 Å². The second kappa shape index (κ2) is 11.4. The average molecular weight is 489 g/mol. The Morgan fingerprint density at radius 2 is 1.94 bits per heavy atom. The summed E-state index contributed by atoms with van der Waals surface area (Å²) < 4.78 is 30.4. The standard InChI is InChI=1S/C25H36N4O6/c1-18-5-7-20(8-6-18)35-21-9-10-26-19(11-21)12-25(34-17-32-4)23(29(16-31-3)24(25)30)15-33-22-13-27-28(2)14-22/h9-11,13-14,18,20,23H,5-8,12,15-17H2,1-4H3/t18-,20-,23-,25+/m0/s1. The molecule has 2 aromatic rings. The number of rotatable bonds is 12. The minimum atomic E-state index is -1.19. The van der Waals surface area contributed by atoms with Crippen molar-refractivity contribution < 1.29 is 28.5 Å². The van der Waals surface area contributed by atoms with E-state index >= 15 is 0 Å². The zero-order chi connectivity index (χ0) is 24.8. The number of aromatic nitrogens is 3. The van der Waals surface area contributed by atoms with Gasteiger partial charge in [-0.3, -0.25) is 14.5 Å². The number of methoxy groups -OCH3 is 2. The zero-order valence-corrected chi connectivity index (χ0v) is 21.0. The highest BCUT2D eigenvalue weighted by atomic mass is 16.7. The maximum absolute atomic E-state index is 13.4. The van der Waals surface area contributed by atoms with Crippen molar-refractivity contribution in [2.45, 2.75) is 56.8 Å². The summed E-state index contributed by atoms with van der Waals surface area (Å²) in [4.78, 5) is 19.5. The predicted molar refractivity (Wildman–Crippen MR) is 127 cm³/mol. The number of ether oxygens (including phenoxy) is 5. The van der Waals surface area contributed by atoms with Gasteiger partial charge in [0.1, 0.15) is 31.9 Å². The van der Waals surface area contributed by atoms with Crippen LogP contribution in [0.25, 0.3) is 0 Å². The summed E-state index contributed by atoms with van der Waals surface area (Å²) in [6, 6.07) is 3.37. The molecule has 4 rings (SSSR count). The number of β-lactam (4-membered cyclic amide) rings is 1. The normalized spacial score (nSPS) is 26.5. The number of nitrogens with zero attached hydrogens (tertiary/aromatic N) is 4. The van der Waals surface area contributed by atoms with E-state index in [9.17, 15) is 4.79 Å². The Morgan fingerprint density at radius 3 is 2.63 bits per heavy atom. The highest BCUT2D eigenvalue weighted by molar-refractivity contribution is 5.93. The van der Waals surface area contributed by atoms with E-state index in [1.165, 1.54) is 20.0 Å². The van der Waals surface area contributed by atoms with Gasteiger partial charge in [-0.1, -0.05) is 6.92 Å². The molecule has 3 heterocycles. The Balaban J connectivity index is 1.52. The van der Waals surface area contributed by atoms with Crippen LogP contribution in [-0.4, -0.2) is 77.7 Å². The number of aryl methyl sites for hydroxylation is 1. The molecule has 1 aliphatic carbocycles. The van der Waals surface area contributed by atoms with Crippen molar-refractivity contribution in [2.24, 2.45) is 13.0 Å². The summed E-state index contributed by atoms with van der Waals surface area (Å²) in [5, 5.41) is 4.14. The fourth-order valence-electron chi connectivity index (χ4n) is 4.87. The first-order valence-corrected chi connectivity index (χ1v) is 12.1. The van der Waals surface area contributed by atoms with Crippen LogP contribution in [0, 0.1) is 5.92 Å². The fourth-order valence-corrected chi connectivity index (χ4v) is 4.87. The molecular formula is C25H36N4O6. The predicted octanol–water partition coefficient (Wildman–Crippen LogP) is 2.57. The molecule has 0 bridgehead atoms. The highest BCUT2D eigenvalue weighted by Gasteiger charge is 2.62. The number of carbonyl (C=O) groups is 1. The quantitative estimate of drug-likeness (QED) is 0.332. The van der Waals surface area contributed by atoms with Crippen molar-refractivity contribution in [3.05, 3.63) is 36.4 Å². The van der Waals surface area contributed by atoms with Gasteiger partial charge in [0.25, 0.3) is 5.91 Å². The van der Waals surface area contributed by atoms with Crippen LogP contribution in [-0.2, 0) is 32.5 Å². The van der Waals surface area contributed by atoms with Crippen LogP contribution >= 0.6 is 0 Å². The molecule has 10 heteroatoms. The van der Waals surface area contributed by atoms with Gasteiger partial charge in [0.15, 0.2) is 11.4 Å².